The summed E-state index contributed by atoms with van der Waals surface area (Å²) in [6.45, 7) is 8.66. The van der Waals surface area contributed by atoms with Gasteiger partial charge in [-0.2, -0.15) is 0 Å². The smallest absolute Gasteiger partial charge is 0.331 e. The van der Waals surface area contributed by atoms with Crippen LogP contribution in [0.5, 0.6) is 0 Å². The predicted octanol–water partition coefficient (Wildman–Crippen LogP) is 8.55. The van der Waals surface area contributed by atoms with Crippen LogP contribution in [-0.2, 0) is 24.5 Å². The van der Waals surface area contributed by atoms with E-state index in [0.717, 1.165) is 30.4 Å². The van der Waals surface area contributed by atoms with E-state index in [2.05, 4.69) is 45.0 Å². The standard InChI is InChI=1S/C40H45NO5/c1-5-44-39(43)38(41-37(29-16-9-6-10-17-29)30-18-11-7-12-19-30)32(34-22-15-25-45-34)27-36(42)46-35-26-28(2)23-24-33(35)40(3,4)31-20-13-8-14-21-31/h6-22,25,28,32-33,35,38H,5,23-24,26-27H2,1-4H3/t28-,32+,33-,35-,38-/m1/s1. The first kappa shape index (κ1) is 32.9. The van der Waals surface area contributed by atoms with Gasteiger partial charge in [0, 0.05) is 17.0 Å². The van der Waals surface area contributed by atoms with Crippen molar-refractivity contribution in [2.24, 2.45) is 16.8 Å². The highest BCUT2D eigenvalue weighted by molar-refractivity contribution is 6.13. The highest BCUT2D eigenvalue weighted by Gasteiger charge is 2.43. The summed E-state index contributed by atoms with van der Waals surface area (Å²) in [4.78, 5) is 32.8. The quantitative estimate of drug-likeness (QED) is 0.117. The average Bonchev–Trinajstić information content (AvgIpc) is 3.61. The molecule has 0 amide bonds. The van der Waals surface area contributed by atoms with Gasteiger partial charge in [0.25, 0.3) is 0 Å². The van der Waals surface area contributed by atoms with E-state index in [9.17, 15) is 9.59 Å². The van der Waals surface area contributed by atoms with Crippen LogP contribution in [0.3, 0.4) is 0 Å². The van der Waals surface area contributed by atoms with Gasteiger partial charge in [0.05, 0.1) is 30.9 Å². The third-order valence-corrected chi connectivity index (χ3v) is 9.35. The SMILES string of the molecule is CCOC(=O)[C@H](N=C(c1ccccc1)c1ccccc1)[C@@H](CC(=O)O[C@@H]1C[C@H](C)CC[C@H]1C(C)(C)c1ccccc1)c1ccco1. The summed E-state index contributed by atoms with van der Waals surface area (Å²) in [7, 11) is 0. The van der Waals surface area contributed by atoms with Crippen molar-refractivity contribution in [2.45, 2.75) is 76.9 Å². The Kier molecular flexibility index (Phi) is 10.9. The third-order valence-electron chi connectivity index (χ3n) is 9.35. The number of benzene rings is 3. The van der Waals surface area contributed by atoms with Gasteiger partial charge in [-0.1, -0.05) is 118 Å². The van der Waals surface area contributed by atoms with E-state index < -0.39 is 17.9 Å². The van der Waals surface area contributed by atoms with Crippen molar-refractivity contribution in [3.8, 4) is 0 Å². The maximum Gasteiger partial charge on any atom is 0.331 e. The molecule has 1 fully saturated rings. The summed E-state index contributed by atoms with van der Waals surface area (Å²) in [6.07, 6.45) is 4.07. The van der Waals surface area contributed by atoms with Gasteiger partial charge in [0.2, 0.25) is 0 Å². The maximum absolute atomic E-state index is 14.0. The average molecular weight is 620 g/mol. The summed E-state index contributed by atoms with van der Waals surface area (Å²) in [5.74, 6) is -0.547. The van der Waals surface area contributed by atoms with Gasteiger partial charge in [-0.25, -0.2) is 4.79 Å². The van der Waals surface area contributed by atoms with Gasteiger partial charge in [0.15, 0.2) is 6.04 Å². The Morgan fingerprint density at radius 3 is 2.04 bits per heavy atom. The predicted molar refractivity (Wildman–Crippen MR) is 181 cm³/mol. The lowest BCUT2D eigenvalue weighted by Gasteiger charge is -2.44. The minimum absolute atomic E-state index is 0.0826. The van der Waals surface area contributed by atoms with Crippen molar-refractivity contribution in [2.75, 3.05) is 6.61 Å². The lowest BCUT2D eigenvalue weighted by Crippen LogP contribution is -2.43. The molecule has 0 unspecified atom stereocenters. The van der Waals surface area contributed by atoms with E-state index in [1.54, 1.807) is 25.3 Å². The number of aliphatic imine (C=N–C) groups is 1. The van der Waals surface area contributed by atoms with Crippen LogP contribution in [0, 0.1) is 11.8 Å². The summed E-state index contributed by atoms with van der Waals surface area (Å²) in [5.41, 5.74) is 3.38. The van der Waals surface area contributed by atoms with Crippen LogP contribution in [0.4, 0.5) is 0 Å². The topological polar surface area (TPSA) is 78.1 Å². The fourth-order valence-electron chi connectivity index (χ4n) is 6.81. The fourth-order valence-corrected chi connectivity index (χ4v) is 6.81. The van der Waals surface area contributed by atoms with Crippen LogP contribution >= 0.6 is 0 Å². The highest BCUT2D eigenvalue weighted by atomic mass is 16.5. The molecule has 0 N–H and O–H groups in total. The molecule has 0 spiro atoms. The summed E-state index contributed by atoms with van der Waals surface area (Å²) < 4.78 is 17.8. The Morgan fingerprint density at radius 1 is 0.870 bits per heavy atom. The molecule has 0 radical (unpaired) electrons. The van der Waals surface area contributed by atoms with Crippen LogP contribution in [0.15, 0.2) is 119 Å². The van der Waals surface area contributed by atoms with Gasteiger partial charge in [0.1, 0.15) is 11.9 Å². The van der Waals surface area contributed by atoms with Crippen molar-refractivity contribution in [3.05, 3.63) is 132 Å². The van der Waals surface area contributed by atoms with Crippen molar-refractivity contribution in [3.63, 3.8) is 0 Å². The second-order valence-electron chi connectivity index (χ2n) is 12.9. The lowest BCUT2D eigenvalue weighted by molar-refractivity contribution is -0.157. The maximum atomic E-state index is 14.0. The number of carbonyl (C=O) groups is 2. The van der Waals surface area contributed by atoms with E-state index in [-0.39, 0.29) is 36.4 Å². The van der Waals surface area contributed by atoms with Gasteiger partial charge >= 0.3 is 11.9 Å². The number of hydrogen-bond donors (Lipinski definition) is 0. The molecular formula is C40H45NO5. The van der Waals surface area contributed by atoms with E-state index in [4.69, 9.17) is 18.9 Å². The molecule has 6 nitrogen and oxygen atoms in total. The van der Waals surface area contributed by atoms with Crippen molar-refractivity contribution >= 4 is 17.7 Å². The third kappa shape index (κ3) is 7.85. The zero-order valence-corrected chi connectivity index (χ0v) is 27.3. The van der Waals surface area contributed by atoms with E-state index in [1.165, 1.54) is 5.56 Å². The first-order valence-electron chi connectivity index (χ1n) is 16.4. The van der Waals surface area contributed by atoms with E-state index >= 15 is 0 Å². The largest absolute Gasteiger partial charge is 0.469 e. The van der Waals surface area contributed by atoms with Crippen molar-refractivity contribution in [1.82, 2.24) is 0 Å². The van der Waals surface area contributed by atoms with Gasteiger partial charge in [-0.05, 0) is 48.8 Å². The van der Waals surface area contributed by atoms with Crippen molar-refractivity contribution < 1.29 is 23.5 Å². The molecule has 3 aromatic carbocycles. The molecule has 1 heterocycles. The molecule has 6 heteroatoms. The molecule has 1 aliphatic rings. The first-order chi connectivity index (χ1) is 22.3. The number of ether oxygens (including phenoxy) is 2. The van der Waals surface area contributed by atoms with Gasteiger partial charge < -0.3 is 13.9 Å². The molecule has 1 aliphatic carbocycles. The monoisotopic (exact) mass is 619 g/mol. The minimum Gasteiger partial charge on any atom is -0.469 e. The molecule has 5 atom stereocenters. The summed E-state index contributed by atoms with van der Waals surface area (Å²) in [6, 6.07) is 32.4. The Bertz CT molecular complexity index is 1520. The van der Waals surface area contributed by atoms with Crippen LogP contribution in [0.1, 0.15) is 81.7 Å². The zero-order valence-electron chi connectivity index (χ0n) is 27.3. The Hall–Kier alpha value is -4.45. The van der Waals surface area contributed by atoms with Crippen LogP contribution in [0.25, 0.3) is 0 Å². The molecule has 0 bridgehead atoms. The summed E-state index contributed by atoms with van der Waals surface area (Å²) >= 11 is 0. The highest BCUT2D eigenvalue weighted by Crippen LogP contribution is 2.44. The Balaban J connectivity index is 1.49. The van der Waals surface area contributed by atoms with Crippen LogP contribution in [0.2, 0.25) is 0 Å². The Labute approximate surface area is 272 Å². The van der Waals surface area contributed by atoms with Crippen LogP contribution < -0.4 is 0 Å². The number of carbonyl (C=O) groups excluding carboxylic acids is 2. The lowest BCUT2D eigenvalue weighted by atomic mass is 9.64. The number of hydrogen-bond acceptors (Lipinski definition) is 6. The van der Waals surface area contributed by atoms with E-state index in [1.807, 2.05) is 66.7 Å². The number of nitrogens with zero attached hydrogens (tertiary/aromatic N) is 1. The second kappa shape index (κ2) is 15.2. The van der Waals surface area contributed by atoms with Crippen LogP contribution in [-0.4, -0.2) is 36.4 Å². The van der Waals surface area contributed by atoms with Gasteiger partial charge in [-0.3, -0.25) is 9.79 Å². The number of furan rings is 1. The molecular weight excluding hydrogens is 574 g/mol. The first-order valence-corrected chi connectivity index (χ1v) is 16.4. The molecule has 1 saturated carbocycles. The summed E-state index contributed by atoms with van der Waals surface area (Å²) in [5, 5.41) is 0. The molecule has 5 rings (SSSR count). The van der Waals surface area contributed by atoms with E-state index in [0.29, 0.717) is 17.4 Å². The zero-order chi connectivity index (χ0) is 32.5. The molecule has 46 heavy (non-hydrogen) atoms. The fraction of sp³-hybridized carbons (Fsp3) is 0.375. The molecule has 1 aromatic heterocycles. The van der Waals surface area contributed by atoms with Gasteiger partial charge in [-0.15, -0.1) is 0 Å². The minimum atomic E-state index is -1.05. The molecule has 0 saturated heterocycles. The molecule has 240 valence electrons. The second-order valence-corrected chi connectivity index (χ2v) is 12.9. The number of rotatable bonds is 12. The normalized spacial score (nSPS) is 19.4. The molecule has 4 aromatic rings. The van der Waals surface area contributed by atoms with Crippen molar-refractivity contribution in [1.29, 1.82) is 0 Å². The molecule has 0 aliphatic heterocycles. The number of esters is 2. The Morgan fingerprint density at radius 2 is 1.48 bits per heavy atom.